The number of furan rings is 1. The Bertz CT molecular complexity index is 344. The summed E-state index contributed by atoms with van der Waals surface area (Å²) >= 11 is 0. The van der Waals surface area contributed by atoms with Crippen molar-refractivity contribution in [3.63, 3.8) is 0 Å². The molecule has 2 heterocycles. The van der Waals surface area contributed by atoms with Gasteiger partial charge in [-0.1, -0.05) is 13.8 Å². The van der Waals surface area contributed by atoms with Gasteiger partial charge in [-0.25, -0.2) is 0 Å². The highest BCUT2D eigenvalue weighted by Crippen LogP contribution is 2.29. The van der Waals surface area contributed by atoms with Crippen LogP contribution < -0.4 is 0 Å². The Labute approximate surface area is 96.4 Å². The molecule has 0 aliphatic carbocycles. The zero-order chi connectivity index (χ0) is 11.6. The van der Waals surface area contributed by atoms with Gasteiger partial charge in [0, 0.05) is 0 Å². The first-order valence-corrected chi connectivity index (χ1v) is 5.86. The van der Waals surface area contributed by atoms with Crippen LogP contribution in [0.4, 0.5) is 0 Å². The second-order valence-corrected chi connectivity index (χ2v) is 5.34. The third-order valence-electron chi connectivity index (χ3n) is 3.37. The van der Waals surface area contributed by atoms with Crippen LogP contribution in [0.2, 0.25) is 0 Å². The third kappa shape index (κ3) is 2.73. The molecule has 0 atom stereocenters. The van der Waals surface area contributed by atoms with Crippen molar-refractivity contribution in [1.29, 1.82) is 0 Å². The molecule has 0 aromatic carbocycles. The average Bonchev–Trinajstić information content (AvgIpc) is 2.74. The lowest BCUT2D eigenvalue weighted by atomic mass is 9.82. The normalized spacial score (nSPS) is 20.9. The number of likely N-dealkylation sites (tertiary alicyclic amines) is 1. The molecule has 2 rings (SSSR count). The smallest absolute Gasteiger partial charge is 0.211 e. The van der Waals surface area contributed by atoms with Crippen LogP contribution >= 0.6 is 0 Å². The van der Waals surface area contributed by atoms with E-state index < -0.39 is 0 Å². The summed E-state index contributed by atoms with van der Waals surface area (Å²) in [5, 5.41) is 0. The maximum Gasteiger partial charge on any atom is 0.211 e. The van der Waals surface area contributed by atoms with E-state index in [4.69, 9.17) is 4.42 Å². The van der Waals surface area contributed by atoms with Crippen LogP contribution in [0.1, 0.15) is 37.2 Å². The van der Waals surface area contributed by atoms with Gasteiger partial charge in [0.1, 0.15) is 0 Å². The molecule has 1 aromatic rings. The van der Waals surface area contributed by atoms with E-state index in [1.165, 1.54) is 12.8 Å². The van der Waals surface area contributed by atoms with Crippen molar-refractivity contribution in [3.05, 3.63) is 24.2 Å². The summed E-state index contributed by atoms with van der Waals surface area (Å²) in [7, 11) is 0. The number of Topliss-reactive ketones (excluding diaryl/α,β-unsaturated/α-hetero) is 1. The summed E-state index contributed by atoms with van der Waals surface area (Å²) in [5.41, 5.74) is 0.435. The van der Waals surface area contributed by atoms with E-state index in [9.17, 15) is 4.79 Å². The van der Waals surface area contributed by atoms with Crippen molar-refractivity contribution < 1.29 is 9.21 Å². The lowest BCUT2D eigenvalue weighted by Gasteiger charge is -2.36. The molecular weight excluding hydrogens is 202 g/mol. The Morgan fingerprint density at radius 2 is 2.12 bits per heavy atom. The van der Waals surface area contributed by atoms with Gasteiger partial charge >= 0.3 is 0 Å². The highest BCUT2D eigenvalue weighted by molar-refractivity contribution is 5.94. The van der Waals surface area contributed by atoms with Crippen LogP contribution in [0.5, 0.6) is 0 Å². The van der Waals surface area contributed by atoms with Crippen LogP contribution in [0.3, 0.4) is 0 Å². The molecule has 1 fully saturated rings. The maximum atomic E-state index is 11.8. The molecule has 88 valence electrons. The monoisotopic (exact) mass is 221 g/mol. The molecule has 3 nitrogen and oxygen atoms in total. The molecule has 0 amide bonds. The van der Waals surface area contributed by atoms with E-state index in [0.717, 1.165) is 13.1 Å². The molecule has 1 aliphatic rings. The predicted octanol–water partition coefficient (Wildman–Crippen LogP) is 2.58. The van der Waals surface area contributed by atoms with Gasteiger partial charge in [-0.15, -0.1) is 0 Å². The van der Waals surface area contributed by atoms with Crippen molar-refractivity contribution in [3.8, 4) is 0 Å². The number of nitrogens with zero attached hydrogens (tertiary/aromatic N) is 1. The van der Waals surface area contributed by atoms with E-state index in [1.807, 2.05) is 0 Å². The lowest BCUT2D eigenvalue weighted by Crippen LogP contribution is -2.40. The Balaban J connectivity index is 1.85. The number of piperidine rings is 1. The Morgan fingerprint density at radius 3 is 2.69 bits per heavy atom. The molecule has 1 aromatic heterocycles. The van der Waals surface area contributed by atoms with Gasteiger partial charge in [0.15, 0.2) is 5.76 Å². The molecule has 1 saturated heterocycles. The van der Waals surface area contributed by atoms with Crippen LogP contribution in [0.25, 0.3) is 0 Å². The van der Waals surface area contributed by atoms with Gasteiger partial charge in [0.2, 0.25) is 5.78 Å². The molecule has 3 heteroatoms. The van der Waals surface area contributed by atoms with Gasteiger partial charge in [-0.2, -0.15) is 0 Å². The first-order chi connectivity index (χ1) is 7.57. The van der Waals surface area contributed by atoms with Gasteiger partial charge in [0.25, 0.3) is 0 Å². The summed E-state index contributed by atoms with van der Waals surface area (Å²) in [4.78, 5) is 14.0. The second-order valence-electron chi connectivity index (χ2n) is 5.34. The van der Waals surface area contributed by atoms with Crippen molar-refractivity contribution in [2.24, 2.45) is 5.41 Å². The fraction of sp³-hybridized carbons (Fsp3) is 0.615. The van der Waals surface area contributed by atoms with Crippen LogP contribution in [-0.4, -0.2) is 30.3 Å². The minimum absolute atomic E-state index is 0.0877. The molecule has 0 N–H and O–H groups in total. The minimum atomic E-state index is 0.0877. The van der Waals surface area contributed by atoms with Gasteiger partial charge in [-0.05, 0) is 43.5 Å². The molecular formula is C13H19NO2. The van der Waals surface area contributed by atoms with Crippen molar-refractivity contribution in [1.82, 2.24) is 4.90 Å². The number of carbonyl (C=O) groups is 1. The summed E-state index contributed by atoms with van der Waals surface area (Å²) in [5.74, 6) is 0.564. The minimum Gasteiger partial charge on any atom is -0.461 e. The zero-order valence-electron chi connectivity index (χ0n) is 10.0. The quantitative estimate of drug-likeness (QED) is 0.736. The largest absolute Gasteiger partial charge is 0.461 e. The fourth-order valence-electron chi connectivity index (χ4n) is 2.03. The molecule has 0 unspecified atom stereocenters. The highest BCUT2D eigenvalue weighted by Gasteiger charge is 2.26. The molecule has 0 bridgehead atoms. The van der Waals surface area contributed by atoms with Gasteiger partial charge in [0.05, 0.1) is 12.8 Å². The van der Waals surface area contributed by atoms with E-state index in [2.05, 4.69) is 18.7 Å². The molecule has 0 spiro atoms. The number of hydrogen-bond acceptors (Lipinski definition) is 3. The molecule has 16 heavy (non-hydrogen) atoms. The van der Waals surface area contributed by atoms with Gasteiger partial charge in [-0.3, -0.25) is 9.69 Å². The van der Waals surface area contributed by atoms with Crippen LogP contribution in [-0.2, 0) is 0 Å². The zero-order valence-corrected chi connectivity index (χ0v) is 10.0. The maximum absolute atomic E-state index is 11.8. The topological polar surface area (TPSA) is 33.5 Å². The van der Waals surface area contributed by atoms with Crippen molar-refractivity contribution >= 4 is 5.78 Å². The number of hydrogen-bond donors (Lipinski definition) is 0. The van der Waals surface area contributed by atoms with E-state index in [1.54, 1.807) is 18.4 Å². The van der Waals surface area contributed by atoms with Crippen LogP contribution in [0.15, 0.2) is 22.8 Å². The Morgan fingerprint density at radius 1 is 1.44 bits per heavy atom. The highest BCUT2D eigenvalue weighted by atomic mass is 16.3. The number of ketones is 1. The summed E-state index contributed by atoms with van der Waals surface area (Å²) in [6, 6.07) is 3.49. The second kappa shape index (κ2) is 4.42. The van der Waals surface area contributed by atoms with E-state index >= 15 is 0 Å². The number of carbonyl (C=O) groups excluding carboxylic acids is 1. The average molecular weight is 221 g/mol. The van der Waals surface area contributed by atoms with Crippen molar-refractivity contribution in [2.45, 2.75) is 26.7 Å². The molecule has 1 aliphatic heterocycles. The summed E-state index contributed by atoms with van der Waals surface area (Å²) in [6.45, 7) is 7.10. The van der Waals surface area contributed by atoms with Crippen LogP contribution in [0, 0.1) is 5.41 Å². The predicted molar refractivity (Wildman–Crippen MR) is 62.5 cm³/mol. The first-order valence-electron chi connectivity index (χ1n) is 5.86. The number of rotatable bonds is 3. The fourth-order valence-corrected chi connectivity index (χ4v) is 2.03. The summed E-state index contributed by atoms with van der Waals surface area (Å²) < 4.78 is 5.10. The standard InChI is InChI=1S/C13H19NO2/c1-13(2)5-7-14(8-6-13)10-11(15)12-4-3-9-16-12/h3-4,9H,5-8,10H2,1-2H3. The SMILES string of the molecule is CC1(C)CCN(CC(=O)c2ccco2)CC1. The molecule has 0 saturated carbocycles. The lowest BCUT2D eigenvalue weighted by molar-refractivity contribution is 0.0820. The first kappa shape index (κ1) is 11.4. The van der Waals surface area contributed by atoms with Crippen molar-refractivity contribution in [2.75, 3.05) is 19.6 Å². The van der Waals surface area contributed by atoms with Gasteiger partial charge < -0.3 is 4.42 Å². The van der Waals surface area contributed by atoms with E-state index in [-0.39, 0.29) is 5.78 Å². The third-order valence-corrected chi connectivity index (χ3v) is 3.37. The molecule has 0 radical (unpaired) electrons. The Kier molecular flexibility index (Phi) is 3.15. The Hall–Kier alpha value is -1.09. The summed E-state index contributed by atoms with van der Waals surface area (Å²) in [6.07, 6.45) is 3.88. The van der Waals surface area contributed by atoms with E-state index in [0.29, 0.717) is 17.7 Å².